The molecule has 1 aliphatic carbocycles. The molecular formula is C30H32FN3O7S2. The average molecular weight is 630 g/mol. The van der Waals surface area contributed by atoms with Crippen molar-refractivity contribution in [2.75, 3.05) is 37.0 Å². The number of rotatable bonds is 12. The third-order valence-corrected chi connectivity index (χ3v) is 8.95. The van der Waals surface area contributed by atoms with Gasteiger partial charge in [-0.25, -0.2) is 25.9 Å². The zero-order chi connectivity index (χ0) is 30.9. The Morgan fingerprint density at radius 1 is 1.00 bits per heavy atom. The fourth-order valence-corrected chi connectivity index (χ4v) is 6.39. The van der Waals surface area contributed by atoms with E-state index in [4.69, 9.17) is 9.15 Å². The third kappa shape index (κ3) is 7.17. The van der Waals surface area contributed by atoms with Crippen molar-refractivity contribution in [1.29, 1.82) is 0 Å². The van der Waals surface area contributed by atoms with Gasteiger partial charge in [-0.3, -0.25) is 9.10 Å². The maximum absolute atomic E-state index is 13.2. The Morgan fingerprint density at radius 3 is 2.19 bits per heavy atom. The van der Waals surface area contributed by atoms with Crippen LogP contribution in [-0.2, 0) is 20.0 Å². The minimum Gasteiger partial charge on any atom is -0.457 e. The Kier molecular flexibility index (Phi) is 8.50. The van der Waals surface area contributed by atoms with Gasteiger partial charge in [0.1, 0.15) is 28.7 Å². The van der Waals surface area contributed by atoms with Crippen molar-refractivity contribution in [1.82, 2.24) is 10.0 Å². The van der Waals surface area contributed by atoms with Gasteiger partial charge in [0.15, 0.2) is 0 Å². The third-order valence-electron chi connectivity index (χ3n) is 7.05. The molecule has 0 bridgehead atoms. The van der Waals surface area contributed by atoms with Crippen molar-refractivity contribution in [3.05, 3.63) is 77.6 Å². The second kappa shape index (κ2) is 12.0. The van der Waals surface area contributed by atoms with E-state index in [9.17, 15) is 26.0 Å². The number of carbonyl (C=O) groups is 1. The molecule has 0 aliphatic heterocycles. The molecule has 0 atom stereocenters. The van der Waals surface area contributed by atoms with Gasteiger partial charge in [0.2, 0.25) is 20.0 Å². The summed E-state index contributed by atoms with van der Waals surface area (Å²) >= 11 is 0. The molecule has 3 aromatic carbocycles. The Morgan fingerprint density at radius 2 is 1.63 bits per heavy atom. The van der Waals surface area contributed by atoms with Crippen LogP contribution in [0.5, 0.6) is 11.5 Å². The van der Waals surface area contributed by atoms with E-state index in [0.29, 0.717) is 45.0 Å². The first-order chi connectivity index (χ1) is 20.3. The van der Waals surface area contributed by atoms with Gasteiger partial charge >= 0.3 is 0 Å². The maximum atomic E-state index is 13.2. The summed E-state index contributed by atoms with van der Waals surface area (Å²) < 4.78 is 77.8. The van der Waals surface area contributed by atoms with E-state index in [2.05, 4.69) is 10.0 Å². The van der Waals surface area contributed by atoms with Crippen LogP contribution >= 0.6 is 0 Å². The Balaban J connectivity index is 1.54. The van der Waals surface area contributed by atoms with E-state index in [1.54, 1.807) is 30.3 Å². The smallest absolute Gasteiger partial charge is 0.255 e. The van der Waals surface area contributed by atoms with Crippen molar-refractivity contribution in [2.45, 2.75) is 25.2 Å². The first kappa shape index (κ1) is 30.5. The lowest BCUT2D eigenvalue weighted by Crippen LogP contribution is -2.34. The van der Waals surface area contributed by atoms with Crippen LogP contribution in [0.4, 0.5) is 10.1 Å². The number of fused-ring (bicyclic) bond motifs is 1. The fraction of sp³-hybridized carbons (Fsp3) is 0.300. The molecule has 43 heavy (non-hydrogen) atoms. The van der Waals surface area contributed by atoms with E-state index in [1.165, 1.54) is 35.6 Å². The van der Waals surface area contributed by atoms with Crippen molar-refractivity contribution in [3.63, 3.8) is 0 Å². The lowest BCUT2D eigenvalue weighted by atomic mass is 10.0. The summed E-state index contributed by atoms with van der Waals surface area (Å²) in [4.78, 5) is 13.2. The molecule has 13 heteroatoms. The van der Waals surface area contributed by atoms with Crippen molar-refractivity contribution >= 4 is 42.6 Å². The molecule has 4 aromatic rings. The van der Waals surface area contributed by atoms with Gasteiger partial charge in [-0.15, -0.1) is 0 Å². The standard InChI is InChI=1S/C30H32FN3O7S2/c1-32-30(35)28-25-17-24(19-5-6-19)26(34(43(3,38)39)16-4-15-33-42(2,36)37)18-27(25)41-29(28)20-7-11-22(12-8-20)40-23-13-9-21(31)10-14-23/h7-14,17-19,33H,4-6,15-16H2,1-3H3,(H,32,35). The van der Waals surface area contributed by atoms with Crippen LogP contribution in [0.2, 0.25) is 0 Å². The van der Waals surface area contributed by atoms with Gasteiger partial charge in [0.25, 0.3) is 5.91 Å². The number of furan rings is 1. The lowest BCUT2D eigenvalue weighted by molar-refractivity contribution is 0.0964. The molecule has 228 valence electrons. The Hall–Kier alpha value is -3.94. The highest BCUT2D eigenvalue weighted by atomic mass is 32.2. The van der Waals surface area contributed by atoms with Gasteiger partial charge in [-0.2, -0.15) is 0 Å². The molecule has 1 saturated carbocycles. The topological polar surface area (TPSA) is 135 Å². The van der Waals surface area contributed by atoms with Crippen molar-refractivity contribution < 1.29 is 35.2 Å². The van der Waals surface area contributed by atoms with Crippen molar-refractivity contribution in [3.8, 4) is 22.8 Å². The van der Waals surface area contributed by atoms with E-state index >= 15 is 0 Å². The molecule has 0 saturated heterocycles. The zero-order valence-electron chi connectivity index (χ0n) is 23.9. The Bertz CT molecular complexity index is 1870. The fourth-order valence-electron chi connectivity index (χ4n) is 4.90. The van der Waals surface area contributed by atoms with Crippen LogP contribution in [0, 0.1) is 5.82 Å². The number of amides is 1. The molecule has 1 aliphatic rings. The normalized spacial score (nSPS) is 13.7. The molecule has 1 fully saturated rings. The number of hydrogen-bond donors (Lipinski definition) is 2. The summed E-state index contributed by atoms with van der Waals surface area (Å²) in [7, 11) is -5.63. The van der Waals surface area contributed by atoms with Crippen LogP contribution in [0.3, 0.4) is 0 Å². The zero-order valence-corrected chi connectivity index (χ0v) is 25.5. The highest BCUT2D eigenvalue weighted by Gasteiger charge is 2.33. The van der Waals surface area contributed by atoms with E-state index in [0.717, 1.165) is 30.9 Å². The Labute approximate surface area is 249 Å². The van der Waals surface area contributed by atoms with Gasteiger partial charge in [-0.05, 0) is 85.3 Å². The van der Waals surface area contributed by atoms with Gasteiger partial charge in [0.05, 0.1) is 23.8 Å². The summed E-state index contributed by atoms with van der Waals surface area (Å²) in [5, 5.41) is 3.23. The second-order valence-electron chi connectivity index (χ2n) is 10.5. The molecule has 5 rings (SSSR count). The molecule has 1 amide bonds. The van der Waals surface area contributed by atoms with Gasteiger partial charge < -0.3 is 14.5 Å². The van der Waals surface area contributed by atoms with Crippen molar-refractivity contribution in [2.24, 2.45) is 0 Å². The quantitative estimate of drug-likeness (QED) is 0.211. The summed E-state index contributed by atoms with van der Waals surface area (Å²) in [5.74, 6) is 0.668. The highest BCUT2D eigenvalue weighted by molar-refractivity contribution is 7.92. The minimum absolute atomic E-state index is 0.0535. The number of carbonyl (C=O) groups excluding carboxylic acids is 1. The second-order valence-corrected chi connectivity index (χ2v) is 14.2. The van der Waals surface area contributed by atoms with E-state index in [-0.39, 0.29) is 37.2 Å². The first-order valence-corrected chi connectivity index (χ1v) is 17.4. The first-order valence-electron chi connectivity index (χ1n) is 13.6. The summed E-state index contributed by atoms with van der Waals surface area (Å²) in [6.07, 6.45) is 4.16. The number of sulfonamides is 2. The monoisotopic (exact) mass is 629 g/mol. The number of benzene rings is 3. The van der Waals surface area contributed by atoms with Crippen LogP contribution in [0.15, 0.2) is 65.1 Å². The number of nitrogens with zero attached hydrogens (tertiary/aromatic N) is 1. The number of halogens is 1. The lowest BCUT2D eigenvalue weighted by Gasteiger charge is -2.25. The summed E-state index contributed by atoms with van der Waals surface area (Å²) in [5.41, 5.74) is 2.49. The molecule has 0 spiro atoms. The highest BCUT2D eigenvalue weighted by Crippen LogP contribution is 2.48. The van der Waals surface area contributed by atoms with E-state index in [1.807, 2.05) is 6.07 Å². The van der Waals surface area contributed by atoms with Gasteiger partial charge in [0, 0.05) is 37.2 Å². The molecule has 0 radical (unpaired) electrons. The minimum atomic E-state index is -3.74. The molecule has 1 aromatic heterocycles. The molecule has 10 nitrogen and oxygen atoms in total. The van der Waals surface area contributed by atoms with Crippen LogP contribution in [0.25, 0.3) is 22.3 Å². The SMILES string of the molecule is CNC(=O)c1c(-c2ccc(Oc3ccc(F)cc3)cc2)oc2cc(N(CCCNS(C)(=O)=O)S(C)(=O)=O)c(C3CC3)cc12. The van der Waals surface area contributed by atoms with E-state index < -0.39 is 20.0 Å². The molecule has 2 N–H and O–H groups in total. The van der Waals surface area contributed by atoms with Crippen LogP contribution < -0.4 is 19.1 Å². The van der Waals surface area contributed by atoms with Gasteiger partial charge in [-0.1, -0.05) is 0 Å². The number of anilines is 1. The summed E-state index contributed by atoms with van der Waals surface area (Å²) in [6.45, 7) is 0.135. The largest absolute Gasteiger partial charge is 0.457 e. The number of ether oxygens (including phenoxy) is 1. The van der Waals surface area contributed by atoms with Crippen LogP contribution in [-0.4, -0.2) is 55.4 Å². The molecule has 0 unspecified atom stereocenters. The molecular weight excluding hydrogens is 597 g/mol. The predicted molar refractivity (Wildman–Crippen MR) is 163 cm³/mol. The summed E-state index contributed by atoms with van der Waals surface area (Å²) in [6, 6.07) is 16.0. The average Bonchev–Trinajstić information content (AvgIpc) is 3.72. The van der Waals surface area contributed by atoms with Crippen LogP contribution in [0.1, 0.15) is 41.1 Å². The maximum Gasteiger partial charge on any atom is 0.255 e. The number of nitrogens with one attached hydrogen (secondary N) is 2. The molecule has 1 heterocycles. The predicted octanol–water partition coefficient (Wildman–Crippen LogP) is 4.97. The number of hydrogen-bond acceptors (Lipinski definition) is 7.